The monoisotopic (exact) mass is 1080 g/mol. The van der Waals surface area contributed by atoms with Crippen molar-refractivity contribution in [3.05, 3.63) is 85.1 Å². The number of nitrogens with one attached hydrogen (secondary N) is 1. The molecule has 8 nitrogen and oxygen atoms in total. The van der Waals surface area contributed by atoms with Gasteiger partial charge in [-0.1, -0.05) is 292 Å². The number of hydrogen-bond donors (Lipinski definition) is 3. The molecule has 0 saturated heterocycles. The Balaban J connectivity index is 4.12. The average Bonchev–Trinajstić information content (AvgIpc) is 3.38. The van der Waals surface area contributed by atoms with Gasteiger partial charge in [0.2, 0.25) is 5.91 Å². The molecule has 0 saturated carbocycles. The van der Waals surface area contributed by atoms with Gasteiger partial charge in [-0.15, -0.1) is 0 Å². The minimum atomic E-state index is -4.33. The lowest BCUT2D eigenvalue weighted by Crippen LogP contribution is -2.46. The number of unbranched alkanes of at least 4 members (excludes halogenated alkanes) is 31. The molecule has 0 aromatic rings. The van der Waals surface area contributed by atoms with Gasteiger partial charge in [-0.3, -0.25) is 13.8 Å². The number of phosphoric acid groups is 1. The Morgan fingerprint density at radius 1 is 0.461 bits per heavy atom. The molecule has 0 heterocycles. The number of quaternary nitrogens is 1. The third-order valence-electron chi connectivity index (χ3n) is 14.2. The van der Waals surface area contributed by atoms with Crippen molar-refractivity contribution in [3.63, 3.8) is 0 Å². The van der Waals surface area contributed by atoms with Gasteiger partial charge in [0.1, 0.15) is 13.2 Å². The van der Waals surface area contributed by atoms with Crippen LogP contribution in [0.15, 0.2) is 85.1 Å². The molecule has 0 aliphatic rings. The molecule has 0 fully saturated rings. The van der Waals surface area contributed by atoms with Gasteiger partial charge < -0.3 is 19.8 Å². The number of amides is 1. The van der Waals surface area contributed by atoms with Crippen molar-refractivity contribution in [2.45, 2.75) is 296 Å². The number of aliphatic hydroxyl groups excluding tert-OH is 1. The van der Waals surface area contributed by atoms with E-state index in [9.17, 15) is 19.4 Å². The quantitative estimate of drug-likeness (QED) is 0.0243. The summed E-state index contributed by atoms with van der Waals surface area (Å²) in [5, 5.41) is 14.1. The van der Waals surface area contributed by atoms with Crippen LogP contribution in [0.1, 0.15) is 284 Å². The first-order valence-corrected chi connectivity index (χ1v) is 33.4. The molecule has 442 valence electrons. The summed E-state index contributed by atoms with van der Waals surface area (Å²) in [6.45, 7) is 4.80. The fourth-order valence-corrected chi connectivity index (χ4v) is 9.94. The SMILES string of the molecule is CC/C=C\C/C=C\C/C=C\C/C=C\C/C=C\C/C=C\C/C=C\CCCCCCCCCCCCCC(=O)NC(COP(=O)(O)OCC[N+](C)(C)C)C(O)CCCCCCCCCCCCCCCCCCCCCCC. The largest absolute Gasteiger partial charge is 0.472 e. The van der Waals surface area contributed by atoms with Crippen LogP contribution in [0.3, 0.4) is 0 Å². The summed E-state index contributed by atoms with van der Waals surface area (Å²) in [7, 11) is 1.61. The molecule has 0 rings (SSSR count). The molecular weight excluding hydrogens is 960 g/mol. The second-order valence-corrected chi connectivity index (χ2v) is 24.2. The van der Waals surface area contributed by atoms with Crippen molar-refractivity contribution >= 4 is 13.7 Å². The van der Waals surface area contributed by atoms with Crippen LogP contribution in [0.25, 0.3) is 0 Å². The average molecular weight is 1080 g/mol. The zero-order valence-corrected chi connectivity index (χ0v) is 51.4. The molecule has 3 N–H and O–H groups in total. The molecule has 0 aromatic heterocycles. The lowest BCUT2D eigenvalue weighted by atomic mass is 10.0. The maximum absolute atomic E-state index is 13.0. The smallest absolute Gasteiger partial charge is 0.391 e. The van der Waals surface area contributed by atoms with Crippen LogP contribution in [0.2, 0.25) is 0 Å². The van der Waals surface area contributed by atoms with E-state index in [0.717, 1.165) is 83.5 Å². The van der Waals surface area contributed by atoms with Crippen LogP contribution in [-0.2, 0) is 18.4 Å². The first-order chi connectivity index (χ1) is 37.0. The zero-order valence-electron chi connectivity index (χ0n) is 50.5. The van der Waals surface area contributed by atoms with E-state index in [1.54, 1.807) is 0 Å². The van der Waals surface area contributed by atoms with Gasteiger partial charge >= 0.3 is 7.82 Å². The third-order valence-corrected chi connectivity index (χ3v) is 15.1. The van der Waals surface area contributed by atoms with Gasteiger partial charge in [0.25, 0.3) is 0 Å². The van der Waals surface area contributed by atoms with Crippen LogP contribution >= 0.6 is 7.82 Å². The Kier molecular flexibility index (Phi) is 55.6. The van der Waals surface area contributed by atoms with E-state index in [4.69, 9.17) is 9.05 Å². The number of nitrogens with zero attached hydrogens (tertiary/aromatic N) is 1. The highest BCUT2D eigenvalue weighted by Crippen LogP contribution is 2.43. The summed E-state index contributed by atoms with van der Waals surface area (Å²) >= 11 is 0. The summed E-state index contributed by atoms with van der Waals surface area (Å²) in [5.41, 5.74) is 0. The predicted octanol–water partition coefficient (Wildman–Crippen LogP) is 20.0. The molecule has 1 amide bonds. The molecule has 0 bridgehead atoms. The lowest BCUT2D eigenvalue weighted by molar-refractivity contribution is -0.870. The summed E-state index contributed by atoms with van der Waals surface area (Å²) in [6.07, 6.45) is 80.8. The standard InChI is InChI=1S/C67H123N2O6P/c1-6-8-10-12-14-16-18-20-22-24-26-28-29-30-31-32-33-34-35-36-37-38-39-41-43-45-47-49-51-53-55-57-59-61-67(71)68-65(64-75-76(72,73)74-63-62-69(3,4)5)66(70)60-58-56-54-52-50-48-46-44-42-40-27-25-23-21-19-17-15-13-11-9-7-2/h8,10,14,16,20,22,26,28,30-31,33-34,36-37,65-66,70H,6-7,9,11-13,15,17-19,21,23-25,27,29,32,35,38-64H2,1-5H3,(H-,68,71,72,73)/p+1/b10-8-,16-14-,22-20-,28-26-,31-30-,34-33-,37-36-. The Morgan fingerprint density at radius 3 is 1.16 bits per heavy atom. The van der Waals surface area contributed by atoms with E-state index < -0.39 is 20.0 Å². The minimum absolute atomic E-state index is 0.0715. The van der Waals surface area contributed by atoms with Crippen LogP contribution < -0.4 is 5.32 Å². The van der Waals surface area contributed by atoms with Crippen molar-refractivity contribution in [2.24, 2.45) is 0 Å². The number of hydrogen-bond acceptors (Lipinski definition) is 5. The van der Waals surface area contributed by atoms with Gasteiger partial charge in [-0.2, -0.15) is 0 Å². The summed E-state index contributed by atoms with van der Waals surface area (Å²) in [4.78, 5) is 23.4. The zero-order chi connectivity index (χ0) is 55.6. The van der Waals surface area contributed by atoms with Gasteiger partial charge in [0, 0.05) is 6.42 Å². The fourth-order valence-electron chi connectivity index (χ4n) is 9.21. The molecule has 9 heteroatoms. The normalized spacial score (nSPS) is 14.4. The Hall–Kier alpha value is -2.32. The molecule has 76 heavy (non-hydrogen) atoms. The van der Waals surface area contributed by atoms with Crippen molar-refractivity contribution < 1.29 is 32.9 Å². The van der Waals surface area contributed by atoms with E-state index in [-0.39, 0.29) is 19.1 Å². The number of phosphoric ester groups is 1. The summed E-state index contributed by atoms with van der Waals surface area (Å²) in [5.74, 6) is -0.148. The molecule has 0 aromatic carbocycles. The predicted molar refractivity (Wildman–Crippen MR) is 332 cm³/mol. The topological polar surface area (TPSA) is 105 Å². The van der Waals surface area contributed by atoms with Crippen LogP contribution in [0, 0.1) is 0 Å². The molecular formula is C67H124N2O6P+. The molecule has 3 unspecified atom stereocenters. The summed E-state index contributed by atoms with van der Waals surface area (Å²) in [6, 6.07) is -0.768. The van der Waals surface area contributed by atoms with Crippen molar-refractivity contribution in [1.29, 1.82) is 0 Å². The number of carbonyl (C=O) groups excluding carboxylic acids is 1. The molecule has 0 aliphatic carbocycles. The maximum Gasteiger partial charge on any atom is 0.472 e. The summed E-state index contributed by atoms with van der Waals surface area (Å²) < 4.78 is 23.8. The number of allylic oxidation sites excluding steroid dienone is 14. The lowest BCUT2D eigenvalue weighted by Gasteiger charge is -2.26. The van der Waals surface area contributed by atoms with Gasteiger partial charge in [-0.25, -0.2) is 4.57 Å². The molecule has 0 radical (unpaired) electrons. The van der Waals surface area contributed by atoms with E-state index >= 15 is 0 Å². The highest BCUT2D eigenvalue weighted by molar-refractivity contribution is 7.47. The number of likely N-dealkylation sites (N-methyl/N-ethyl adjacent to an activating group) is 1. The fraction of sp³-hybridized carbons (Fsp3) is 0.776. The minimum Gasteiger partial charge on any atom is -0.391 e. The number of aliphatic hydroxyl groups is 1. The van der Waals surface area contributed by atoms with E-state index in [0.29, 0.717) is 23.9 Å². The van der Waals surface area contributed by atoms with E-state index in [2.05, 4.69) is 104 Å². The highest BCUT2D eigenvalue weighted by Gasteiger charge is 2.28. The van der Waals surface area contributed by atoms with Crippen LogP contribution in [0.5, 0.6) is 0 Å². The Labute approximate surface area is 471 Å². The molecule has 3 atom stereocenters. The third kappa shape index (κ3) is 59.3. The second-order valence-electron chi connectivity index (χ2n) is 22.8. The highest BCUT2D eigenvalue weighted by atomic mass is 31.2. The first kappa shape index (κ1) is 73.7. The van der Waals surface area contributed by atoms with E-state index in [1.165, 1.54) is 173 Å². The Bertz CT molecular complexity index is 1510. The van der Waals surface area contributed by atoms with Crippen LogP contribution in [-0.4, -0.2) is 73.4 Å². The van der Waals surface area contributed by atoms with Gasteiger partial charge in [-0.05, 0) is 70.6 Å². The van der Waals surface area contributed by atoms with E-state index in [1.807, 2.05) is 21.1 Å². The maximum atomic E-state index is 13.0. The van der Waals surface area contributed by atoms with Crippen LogP contribution in [0.4, 0.5) is 0 Å². The van der Waals surface area contributed by atoms with Gasteiger partial charge in [0.05, 0.1) is 39.9 Å². The Morgan fingerprint density at radius 2 is 0.789 bits per heavy atom. The van der Waals surface area contributed by atoms with Gasteiger partial charge in [0.15, 0.2) is 0 Å². The van der Waals surface area contributed by atoms with Crippen molar-refractivity contribution in [3.8, 4) is 0 Å². The first-order valence-electron chi connectivity index (χ1n) is 32.0. The second kappa shape index (κ2) is 57.4. The molecule has 0 spiro atoms. The van der Waals surface area contributed by atoms with Crippen molar-refractivity contribution in [2.75, 3.05) is 40.9 Å². The number of rotatable bonds is 58. The molecule has 0 aliphatic heterocycles. The van der Waals surface area contributed by atoms with Crippen molar-refractivity contribution in [1.82, 2.24) is 5.32 Å². The number of carbonyl (C=O) groups is 1.